The van der Waals surface area contributed by atoms with Crippen molar-refractivity contribution in [2.45, 2.75) is 37.4 Å². The number of amides is 1. The summed E-state index contributed by atoms with van der Waals surface area (Å²) in [7, 11) is -2.16. The molecule has 1 aromatic carbocycles. The number of carbonyl (C=O) groups is 1. The number of hydrogen-bond acceptors (Lipinski definition) is 6. The molecule has 0 unspecified atom stereocenters. The predicted octanol–water partition coefficient (Wildman–Crippen LogP) is 2.67. The van der Waals surface area contributed by atoms with Crippen LogP contribution < -0.4 is 10.1 Å². The van der Waals surface area contributed by atoms with Crippen LogP contribution in [0.1, 0.15) is 20.8 Å². The first-order chi connectivity index (χ1) is 13.4. The minimum Gasteiger partial charge on any atom is -0.495 e. The number of sulfonamides is 1. The monoisotopic (exact) mass is 426 g/mol. The molecule has 1 N–H and O–H groups in total. The van der Waals surface area contributed by atoms with Crippen LogP contribution >= 0.6 is 11.8 Å². The van der Waals surface area contributed by atoms with E-state index in [2.05, 4.69) is 10.3 Å². The predicted molar refractivity (Wildman–Crippen MR) is 110 cm³/mol. The quantitative estimate of drug-likeness (QED) is 0.587. The highest BCUT2D eigenvalue weighted by Crippen LogP contribution is 2.29. The Kier molecular flexibility index (Phi) is 7.90. The molecule has 0 radical (unpaired) electrons. The second-order valence-corrected chi connectivity index (χ2v) is 8.66. The summed E-state index contributed by atoms with van der Waals surface area (Å²) in [6.07, 6.45) is 3.54. The van der Waals surface area contributed by atoms with Crippen molar-refractivity contribution >= 4 is 33.4 Å². The molecule has 1 aromatic heterocycles. The number of aromatic nitrogens is 2. The molecule has 0 saturated carbocycles. The summed E-state index contributed by atoms with van der Waals surface area (Å²) in [5, 5.41) is 3.50. The first kappa shape index (κ1) is 22.3. The van der Waals surface area contributed by atoms with Gasteiger partial charge in [0, 0.05) is 32.0 Å². The highest BCUT2D eigenvalue weighted by atomic mass is 32.2. The lowest BCUT2D eigenvalue weighted by Crippen LogP contribution is -2.30. The van der Waals surface area contributed by atoms with Crippen LogP contribution in [0.4, 0.5) is 5.69 Å². The lowest BCUT2D eigenvalue weighted by atomic mass is 10.3. The summed E-state index contributed by atoms with van der Waals surface area (Å²) in [6, 6.07) is 4.46. The normalized spacial score (nSPS) is 11.6. The van der Waals surface area contributed by atoms with Gasteiger partial charge in [-0.3, -0.25) is 4.79 Å². The molecule has 0 atom stereocenters. The zero-order valence-corrected chi connectivity index (χ0v) is 18.1. The van der Waals surface area contributed by atoms with E-state index >= 15 is 0 Å². The Bertz CT molecular complexity index is 908. The van der Waals surface area contributed by atoms with Gasteiger partial charge in [-0.2, -0.15) is 4.31 Å². The third-order valence-corrected chi connectivity index (χ3v) is 7.19. The summed E-state index contributed by atoms with van der Waals surface area (Å²) in [5.41, 5.74) is 0.320. The summed E-state index contributed by atoms with van der Waals surface area (Å²) in [4.78, 5) is 16.7. The van der Waals surface area contributed by atoms with Gasteiger partial charge in [-0.25, -0.2) is 13.4 Å². The van der Waals surface area contributed by atoms with Crippen LogP contribution in [0.3, 0.4) is 0 Å². The lowest BCUT2D eigenvalue weighted by molar-refractivity contribution is -0.113. The van der Waals surface area contributed by atoms with Gasteiger partial charge in [0.1, 0.15) is 5.75 Å². The van der Waals surface area contributed by atoms with Crippen LogP contribution in [0.25, 0.3) is 0 Å². The van der Waals surface area contributed by atoms with Crippen LogP contribution in [-0.4, -0.2) is 54.1 Å². The van der Waals surface area contributed by atoms with Crippen molar-refractivity contribution in [1.82, 2.24) is 13.9 Å². The van der Waals surface area contributed by atoms with E-state index < -0.39 is 10.0 Å². The zero-order valence-electron chi connectivity index (χ0n) is 16.5. The zero-order chi connectivity index (χ0) is 20.7. The summed E-state index contributed by atoms with van der Waals surface area (Å²) in [6.45, 7) is 7.07. The van der Waals surface area contributed by atoms with Crippen molar-refractivity contribution in [3.63, 3.8) is 0 Å². The van der Waals surface area contributed by atoms with Crippen molar-refractivity contribution in [1.29, 1.82) is 0 Å². The van der Waals surface area contributed by atoms with Gasteiger partial charge in [-0.05, 0) is 25.1 Å². The highest BCUT2D eigenvalue weighted by Gasteiger charge is 2.23. The summed E-state index contributed by atoms with van der Waals surface area (Å²) >= 11 is 1.31. The molecule has 0 saturated heterocycles. The highest BCUT2D eigenvalue weighted by molar-refractivity contribution is 7.99. The van der Waals surface area contributed by atoms with E-state index in [0.29, 0.717) is 24.5 Å². The minimum absolute atomic E-state index is 0.112. The third kappa shape index (κ3) is 5.06. The van der Waals surface area contributed by atoms with Gasteiger partial charge in [0.25, 0.3) is 0 Å². The molecule has 10 heteroatoms. The number of aryl methyl sites for hydroxylation is 1. The molecule has 2 rings (SSSR count). The molecule has 8 nitrogen and oxygen atoms in total. The average Bonchev–Trinajstić information content (AvgIpc) is 3.14. The maximum Gasteiger partial charge on any atom is 0.243 e. The minimum atomic E-state index is -3.63. The Morgan fingerprint density at radius 1 is 1.29 bits per heavy atom. The van der Waals surface area contributed by atoms with Crippen molar-refractivity contribution in [3.8, 4) is 5.75 Å². The second kappa shape index (κ2) is 9.94. The van der Waals surface area contributed by atoms with Gasteiger partial charge in [-0.15, -0.1) is 0 Å². The fourth-order valence-corrected chi connectivity index (χ4v) is 4.96. The maximum atomic E-state index is 12.7. The number of ether oxygens (including phenoxy) is 1. The molecule has 0 aliphatic rings. The number of anilines is 1. The van der Waals surface area contributed by atoms with E-state index in [1.165, 1.54) is 35.3 Å². The first-order valence-corrected chi connectivity index (χ1v) is 11.4. The lowest BCUT2D eigenvalue weighted by Gasteiger charge is -2.19. The Balaban J connectivity index is 2.18. The molecule has 28 heavy (non-hydrogen) atoms. The summed E-state index contributed by atoms with van der Waals surface area (Å²) < 4.78 is 34.1. The van der Waals surface area contributed by atoms with Gasteiger partial charge >= 0.3 is 0 Å². The molecule has 0 aliphatic carbocycles. The number of nitrogens with zero attached hydrogens (tertiary/aromatic N) is 3. The fourth-order valence-electron chi connectivity index (χ4n) is 2.65. The van der Waals surface area contributed by atoms with E-state index in [9.17, 15) is 13.2 Å². The summed E-state index contributed by atoms with van der Waals surface area (Å²) in [5.74, 6) is 0.269. The van der Waals surface area contributed by atoms with Crippen LogP contribution in [0, 0.1) is 0 Å². The fraction of sp³-hybridized carbons (Fsp3) is 0.444. The van der Waals surface area contributed by atoms with Gasteiger partial charge in [-0.1, -0.05) is 25.6 Å². The molecule has 0 fully saturated rings. The number of benzene rings is 1. The van der Waals surface area contributed by atoms with Crippen LogP contribution in [-0.2, 0) is 21.4 Å². The van der Waals surface area contributed by atoms with Crippen molar-refractivity contribution in [2.24, 2.45) is 0 Å². The first-order valence-electron chi connectivity index (χ1n) is 8.99. The number of carbonyl (C=O) groups excluding carboxylic acids is 1. The van der Waals surface area contributed by atoms with Crippen molar-refractivity contribution in [2.75, 3.05) is 31.3 Å². The number of hydrogen-bond donors (Lipinski definition) is 1. The molecule has 0 spiro atoms. The van der Waals surface area contributed by atoms with Gasteiger partial charge in [0.15, 0.2) is 5.16 Å². The average molecular weight is 427 g/mol. The number of imidazole rings is 1. The SMILES string of the molecule is CCN(CC)S(=O)(=O)c1ccc(OC)c(NC(=O)CSc2nccn2CC)c1. The van der Waals surface area contributed by atoms with E-state index in [4.69, 9.17) is 4.74 Å². The molecule has 0 bridgehead atoms. The second-order valence-electron chi connectivity index (χ2n) is 5.78. The smallest absolute Gasteiger partial charge is 0.243 e. The van der Waals surface area contributed by atoms with Crippen LogP contribution in [0.5, 0.6) is 5.75 Å². The molecule has 154 valence electrons. The number of rotatable bonds is 10. The number of nitrogens with one attached hydrogen (secondary N) is 1. The third-order valence-electron chi connectivity index (χ3n) is 4.14. The Labute approximate surface area is 170 Å². The molecule has 1 heterocycles. The van der Waals surface area contributed by atoms with Gasteiger partial charge in [0.2, 0.25) is 15.9 Å². The van der Waals surface area contributed by atoms with Crippen LogP contribution in [0.2, 0.25) is 0 Å². The Hall–Kier alpha value is -2.04. The molecule has 0 aliphatic heterocycles. The topological polar surface area (TPSA) is 93.5 Å². The van der Waals surface area contributed by atoms with Crippen LogP contribution in [0.15, 0.2) is 40.6 Å². The Morgan fingerprint density at radius 3 is 2.61 bits per heavy atom. The molecular formula is C18H26N4O4S2. The number of methoxy groups -OCH3 is 1. The van der Waals surface area contributed by atoms with E-state index in [1.54, 1.807) is 26.1 Å². The van der Waals surface area contributed by atoms with E-state index in [1.807, 2.05) is 17.7 Å². The van der Waals surface area contributed by atoms with Gasteiger partial charge in [0.05, 0.1) is 23.4 Å². The van der Waals surface area contributed by atoms with Crippen molar-refractivity contribution < 1.29 is 17.9 Å². The number of thioether (sulfide) groups is 1. The van der Waals surface area contributed by atoms with E-state index in [0.717, 1.165) is 11.7 Å². The van der Waals surface area contributed by atoms with E-state index in [-0.39, 0.29) is 16.6 Å². The molecular weight excluding hydrogens is 400 g/mol. The van der Waals surface area contributed by atoms with Crippen molar-refractivity contribution in [3.05, 3.63) is 30.6 Å². The maximum absolute atomic E-state index is 12.7. The standard InChI is InChI=1S/C18H26N4O4S2/c1-5-21-11-10-19-18(21)27-13-17(23)20-15-12-14(8-9-16(15)26-4)28(24,25)22(6-2)7-3/h8-12H,5-7,13H2,1-4H3,(H,20,23). The molecule has 1 amide bonds. The Morgan fingerprint density at radius 2 is 2.00 bits per heavy atom. The van der Waals surface area contributed by atoms with Gasteiger partial charge < -0.3 is 14.6 Å². The largest absolute Gasteiger partial charge is 0.495 e. The molecule has 2 aromatic rings.